The smallest absolute Gasteiger partial charge is 0 e. The second-order valence-electron chi connectivity index (χ2n) is 0. The van der Waals surface area contributed by atoms with Crippen LogP contribution in [0.1, 0.15) is 0 Å². The molecule has 10 valence electrons. The van der Waals surface area contributed by atoms with Crippen molar-refractivity contribution in [2.45, 2.75) is 0 Å². The standard InChI is InChI=1S/3Ca.2Mg. The normalized spacial score (nSPS) is 0. The molecule has 0 aliphatic carbocycles. The van der Waals surface area contributed by atoms with Gasteiger partial charge in [-0.15, -0.1) is 0 Å². The van der Waals surface area contributed by atoms with Crippen molar-refractivity contribution in [3.05, 3.63) is 0 Å². The molecule has 5 heteroatoms. The van der Waals surface area contributed by atoms with Crippen LogP contribution in [0.2, 0.25) is 0 Å². The van der Waals surface area contributed by atoms with Crippen molar-refractivity contribution in [1.82, 2.24) is 0 Å². The molecule has 0 aromatic carbocycles. The predicted octanol–water partition coefficient (Wildman–Crippen LogP) is -1.90. The van der Waals surface area contributed by atoms with Crippen molar-refractivity contribution < 1.29 is 0 Å². The van der Waals surface area contributed by atoms with E-state index < -0.39 is 0 Å². The molecule has 0 saturated carbocycles. The van der Waals surface area contributed by atoms with E-state index in [1.165, 1.54) is 0 Å². The summed E-state index contributed by atoms with van der Waals surface area (Å²) in [6.45, 7) is 0. The molecule has 0 unspecified atom stereocenters. The zero-order chi connectivity index (χ0) is 0. The van der Waals surface area contributed by atoms with Gasteiger partial charge in [0.15, 0.2) is 0 Å². The van der Waals surface area contributed by atoms with E-state index in [2.05, 4.69) is 0 Å². The van der Waals surface area contributed by atoms with Crippen LogP contribution in [0, 0.1) is 0 Å². The van der Waals surface area contributed by atoms with E-state index in [0.717, 1.165) is 0 Å². The van der Waals surface area contributed by atoms with E-state index in [-0.39, 0.29) is 159 Å². The van der Waals surface area contributed by atoms with Crippen LogP contribution >= 0.6 is 0 Å². The molecular weight excluding hydrogens is 169 g/mol. The molecule has 0 saturated heterocycles. The van der Waals surface area contributed by atoms with Crippen molar-refractivity contribution in [2.75, 3.05) is 0 Å². The van der Waals surface area contributed by atoms with Gasteiger partial charge in [0.25, 0.3) is 0 Å². The molecule has 0 aromatic rings. The van der Waals surface area contributed by atoms with Crippen molar-refractivity contribution >= 4 is 159 Å². The largest absolute Gasteiger partial charge is 0 e. The van der Waals surface area contributed by atoms with Gasteiger partial charge in [-0.25, -0.2) is 0 Å². The number of hydrogen-bond acceptors (Lipinski definition) is 0. The molecule has 0 spiro atoms. The second kappa shape index (κ2) is 22.8. The van der Waals surface area contributed by atoms with Crippen LogP contribution < -0.4 is 0 Å². The summed E-state index contributed by atoms with van der Waals surface area (Å²) in [5, 5.41) is 0. The van der Waals surface area contributed by atoms with Gasteiger partial charge in [0.1, 0.15) is 0 Å². The quantitative estimate of drug-likeness (QED) is 0.371. The molecule has 0 fully saturated rings. The van der Waals surface area contributed by atoms with Crippen molar-refractivity contribution in [2.24, 2.45) is 0 Å². The molecule has 0 aliphatic heterocycles. The molecule has 0 aromatic heterocycles. The Morgan fingerprint density at radius 3 is 0.400 bits per heavy atom. The average Bonchev–Trinajstić information content (AvgIpc) is 0. The van der Waals surface area contributed by atoms with Crippen molar-refractivity contribution in [1.29, 1.82) is 0 Å². The first-order valence-electron chi connectivity index (χ1n) is 0. The van der Waals surface area contributed by atoms with Gasteiger partial charge in [0.05, 0.1) is 0 Å². The van der Waals surface area contributed by atoms with Crippen LogP contribution in [0.4, 0.5) is 0 Å². The molecule has 0 heterocycles. The predicted molar refractivity (Wildman–Crippen MR) is 28.8 cm³/mol. The molecule has 0 atom stereocenters. The molecule has 0 amide bonds. The Morgan fingerprint density at radius 1 is 0.400 bits per heavy atom. The summed E-state index contributed by atoms with van der Waals surface area (Å²) in [6, 6.07) is 0. The van der Waals surface area contributed by atoms with E-state index in [9.17, 15) is 0 Å². The maximum atomic E-state index is 0. The van der Waals surface area contributed by atoms with Gasteiger partial charge in [-0.3, -0.25) is 0 Å². The summed E-state index contributed by atoms with van der Waals surface area (Å²) in [5.74, 6) is 0. The van der Waals surface area contributed by atoms with Gasteiger partial charge >= 0.3 is 0 Å². The van der Waals surface area contributed by atoms with Crippen LogP contribution in [-0.2, 0) is 0 Å². The van der Waals surface area contributed by atoms with Gasteiger partial charge in [0.2, 0.25) is 0 Å². The Balaban J connectivity index is 0. The summed E-state index contributed by atoms with van der Waals surface area (Å²) < 4.78 is 0. The Bertz CT molecular complexity index is 4.85. The minimum atomic E-state index is 0. The van der Waals surface area contributed by atoms with E-state index >= 15 is 0 Å². The fourth-order valence-electron chi connectivity index (χ4n) is 0. The van der Waals surface area contributed by atoms with Crippen molar-refractivity contribution in [3.63, 3.8) is 0 Å². The molecule has 0 rings (SSSR count). The fraction of sp³-hybridized carbons (Fsp3) is 0. The summed E-state index contributed by atoms with van der Waals surface area (Å²) in [6.07, 6.45) is 0. The zero-order valence-electron chi connectivity index (χ0n) is 3.54. The molecule has 10 radical (unpaired) electrons. The van der Waals surface area contributed by atoms with E-state index in [1.807, 2.05) is 0 Å². The summed E-state index contributed by atoms with van der Waals surface area (Å²) in [5.41, 5.74) is 0. The van der Waals surface area contributed by atoms with Crippen LogP contribution in [0.25, 0.3) is 0 Å². The third-order valence-electron chi connectivity index (χ3n) is 0. The number of hydrogen-bond donors (Lipinski definition) is 0. The second-order valence-corrected chi connectivity index (χ2v) is 0. The van der Waals surface area contributed by atoms with Crippen LogP contribution in [0.3, 0.4) is 0 Å². The summed E-state index contributed by atoms with van der Waals surface area (Å²) in [7, 11) is 0. The Labute approximate surface area is 154 Å². The van der Waals surface area contributed by atoms with E-state index in [0.29, 0.717) is 0 Å². The Hall–Kier alpha value is 5.31. The minimum Gasteiger partial charge on any atom is 0 e. The molecule has 0 nitrogen and oxygen atoms in total. The van der Waals surface area contributed by atoms with Gasteiger partial charge in [-0.1, -0.05) is 0 Å². The average molecular weight is 169 g/mol. The molecule has 0 N–H and O–H groups in total. The molecule has 0 aliphatic rings. The van der Waals surface area contributed by atoms with Gasteiger partial charge in [-0.2, -0.15) is 0 Å². The van der Waals surface area contributed by atoms with E-state index in [4.69, 9.17) is 0 Å². The number of rotatable bonds is 0. The zero-order valence-corrected chi connectivity index (χ0v) is 13.0. The molecule has 0 bridgehead atoms. The Kier molecular flexibility index (Phi) is 145. The van der Waals surface area contributed by atoms with Gasteiger partial charge in [0, 0.05) is 159 Å². The SMILES string of the molecule is [Ca].[Ca].[Ca].[Mg].[Mg]. The van der Waals surface area contributed by atoms with Gasteiger partial charge < -0.3 is 0 Å². The van der Waals surface area contributed by atoms with Crippen molar-refractivity contribution in [3.8, 4) is 0 Å². The van der Waals surface area contributed by atoms with E-state index in [1.54, 1.807) is 0 Å². The fourth-order valence-corrected chi connectivity index (χ4v) is 0. The maximum Gasteiger partial charge on any atom is 0 e. The first-order valence-corrected chi connectivity index (χ1v) is 0. The van der Waals surface area contributed by atoms with Crippen LogP contribution in [0.5, 0.6) is 0 Å². The first-order chi connectivity index (χ1) is 0. The minimum absolute atomic E-state index is 0. The summed E-state index contributed by atoms with van der Waals surface area (Å²) in [4.78, 5) is 0. The topological polar surface area (TPSA) is 0 Å². The first kappa shape index (κ1) is 31.7. The molecule has 5 heavy (non-hydrogen) atoms. The molecular formula is Ca3Mg2. The third-order valence-corrected chi connectivity index (χ3v) is 0. The van der Waals surface area contributed by atoms with Crippen LogP contribution in [0.15, 0.2) is 0 Å². The van der Waals surface area contributed by atoms with Gasteiger partial charge in [-0.05, 0) is 0 Å². The monoisotopic (exact) mass is 168 g/mol. The maximum absolute atomic E-state index is 0. The third kappa shape index (κ3) is 17.6. The summed E-state index contributed by atoms with van der Waals surface area (Å²) >= 11 is 0. The Morgan fingerprint density at radius 2 is 0.400 bits per heavy atom. The van der Waals surface area contributed by atoms with Crippen LogP contribution in [-0.4, -0.2) is 159 Å².